The summed E-state index contributed by atoms with van der Waals surface area (Å²) in [5, 5.41) is 10.8. The van der Waals surface area contributed by atoms with Crippen LogP contribution in [-0.2, 0) is 27.1 Å². The van der Waals surface area contributed by atoms with Gasteiger partial charge in [-0.15, -0.1) is 0 Å². The first-order valence-corrected chi connectivity index (χ1v) is 12.8. The summed E-state index contributed by atoms with van der Waals surface area (Å²) < 4.78 is 25.1. The molecular weight excluding hydrogens is 445 g/mol. The van der Waals surface area contributed by atoms with Gasteiger partial charge in [-0.1, -0.05) is 43.3 Å². The number of aryl methyl sites for hydroxylation is 2. The molecule has 0 radical (unpaired) electrons. The number of hydrogen-bond acceptors (Lipinski definition) is 5. The van der Waals surface area contributed by atoms with Crippen LogP contribution in [0, 0.1) is 18.7 Å². The van der Waals surface area contributed by atoms with Gasteiger partial charge in [0.1, 0.15) is 5.82 Å². The molecule has 5 nitrogen and oxygen atoms in total. The minimum Gasteiger partial charge on any atom is -0.466 e. The maximum atomic E-state index is 14.0. The topological polar surface area (TPSA) is 59.0 Å². The van der Waals surface area contributed by atoms with Crippen molar-refractivity contribution in [3.05, 3.63) is 70.5 Å². The summed E-state index contributed by atoms with van der Waals surface area (Å²) >= 11 is 0. The molecule has 1 fully saturated rings. The molecule has 2 aromatic rings. The molecule has 192 valence electrons. The number of aliphatic hydroxyl groups excluding tert-OH is 1. The Hall–Kier alpha value is -2.28. The molecule has 0 bridgehead atoms. The maximum absolute atomic E-state index is 14.0. The molecule has 1 aliphatic heterocycles. The number of halogens is 1. The number of carbonyl (C=O) groups is 1. The first kappa shape index (κ1) is 27.3. The van der Waals surface area contributed by atoms with Crippen molar-refractivity contribution in [1.29, 1.82) is 0 Å². The fourth-order valence-corrected chi connectivity index (χ4v) is 5.01. The predicted octanol–water partition coefficient (Wildman–Crippen LogP) is 5.02. The van der Waals surface area contributed by atoms with Crippen LogP contribution in [0.25, 0.3) is 0 Å². The third-order valence-corrected chi connectivity index (χ3v) is 6.83. The van der Waals surface area contributed by atoms with Gasteiger partial charge in [0.25, 0.3) is 0 Å². The van der Waals surface area contributed by atoms with E-state index < -0.39 is 6.10 Å². The Bertz CT molecular complexity index is 965. The minimum absolute atomic E-state index is 0.162. The van der Waals surface area contributed by atoms with E-state index in [-0.39, 0.29) is 30.5 Å². The van der Waals surface area contributed by atoms with Gasteiger partial charge in [-0.2, -0.15) is 0 Å². The van der Waals surface area contributed by atoms with Crippen molar-refractivity contribution in [1.82, 2.24) is 4.90 Å². The summed E-state index contributed by atoms with van der Waals surface area (Å²) in [6.07, 6.45) is 1.92. The number of esters is 1. The van der Waals surface area contributed by atoms with E-state index >= 15 is 0 Å². The van der Waals surface area contributed by atoms with Crippen molar-refractivity contribution >= 4 is 5.97 Å². The van der Waals surface area contributed by atoms with Gasteiger partial charge in [0.2, 0.25) is 0 Å². The van der Waals surface area contributed by atoms with Crippen LogP contribution in [-0.4, -0.2) is 54.4 Å². The Morgan fingerprint density at radius 2 is 2.03 bits per heavy atom. The van der Waals surface area contributed by atoms with E-state index in [2.05, 4.69) is 11.8 Å². The highest BCUT2D eigenvalue weighted by molar-refractivity contribution is 5.69. The van der Waals surface area contributed by atoms with Gasteiger partial charge in [0.15, 0.2) is 0 Å². The monoisotopic (exact) mass is 485 g/mol. The molecule has 4 atom stereocenters. The first-order chi connectivity index (χ1) is 16.8. The third kappa shape index (κ3) is 8.13. The summed E-state index contributed by atoms with van der Waals surface area (Å²) in [4.78, 5) is 14.1. The molecule has 0 saturated carbocycles. The van der Waals surface area contributed by atoms with Crippen molar-refractivity contribution in [3.63, 3.8) is 0 Å². The lowest BCUT2D eigenvalue weighted by molar-refractivity contribution is -0.143. The molecule has 0 aromatic heterocycles. The molecular formula is C29H40FNO4. The summed E-state index contributed by atoms with van der Waals surface area (Å²) in [6.45, 7) is 9.84. The van der Waals surface area contributed by atoms with E-state index in [1.807, 2.05) is 43.3 Å². The Balaban J connectivity index is 1.53. The van der Waals surface area contributed by atoms with Crippen molar-refractivity contribution < 1.29 is 23.8 Å². The smallest absolute Gasteiger partial charge is 0.306 e. The van der Waals surface area contributed by atoms with Gasteiger partial charge in [-0.25, -0.2) is 4.39 Å². The van der Waals surface area contributed by atoms with Crippen LogP contribution in [0.3, 0.4) is 0 Å². The van der Waals surface area contributed by atoms with E-state index in [1.165, 1.54) is 0 Å². The molecule has 0 amide bonds. The second-order valence-electron chi connectivity index (χ2n) is 9.87. The number of carbonyl (C=O) groups excluding carboxylic acids is 1. The standard InChI is InChI=1S/C29H40FNO4/c1-5-34-29(33)13-12-24-8-6-7-9-27(24)22(4)35-19-26(32)18-31-17-20(2)14-25(31)15-23-11-10-21(3)28(30)16-23/h6-11,16,20,22,25-26,32H,5,12-15,17-19H2,1-4H3/t20-,22+,25-,26+/m0/s1. The zero-order chi connectivity index (χ0) is 25.4. The van der Waals surface area contributed by atoms with E-state index in [1.54, 1.807) is 19.9 Å². The summed E-state index contributed by atoms with van der Waals surface area (Å²) in [5.41, 5.74) is 3.74. The van der Waals surface area contributed by atoms with Gasteiger partial charge in [0.05, 0.1) is 25.4 Å². The van der Waals surface area contributed by atoms with Crippen LogP contribution in [0.4, 0.5) is 4.39 Å². The molecule has 0 spiro atoms. The number of rotatable bonds is 12. The first-order valence-electron chi connectivity index (χ1n) is 12.8. The van der Waals surface area contributed by atoms with Crippen molar-refractivity contribution in [2.45, 2.75) is 71.6 Å². The van der Waals surface area contributed by atoms with Gasteiger partial charge in [0, 0.05) is 25.6 Å². The Morgan fingerprint density at radius 3 is 2.77 bits per heavy atom. The van der Waals surface area contributed by atoms with Crippen LogP contribution in [0.15, 0.2) is 42.5 Å². The fraction of sp³-hybridized carbons (Fsp3) is 0.552. The quantitative estimate of drug-likeness (QED) is 0.428. The van der Waals surface area contributed by atoms with Crippen molar-refractivity contribution in [2.75, 3.05) is 26.3 Å². The highest BCUT2D eigenvalue weighted by Crippen LogP contribution is 2.27. The Kier molecular flexibility index (Phi) is 10.3. The maximum Gasteiger partial charge on any atom is 0.306 e. The van der Waals surface area contributed by atoms with E-state index in [0.717, 1.165) is 36.1 Å². The molecule has 2 aromatic carbocycles. The normalized spacial score (nSPS) is 20.1. The van der Waals surface area contributed by atoms with Crippen LogP contribution in [0.5, 0.6) is 0 Å². The second kappa shape index (κ2) is 13.1. The third-order valence-electron chi connectivity index (χ3n) is 6.83. The zero-order valence-electron chi connectivity index (χ0n) is 21.5. The molecule has 1 saturated heterocycles. The number of aliphatic hydroxyl groups is 1. The van der Waals surface area contributed by atoms with Crippen LogP contribution in [0.1, 0.15) is 62.0 Å². The fourth-order valence-electron chi connectivity index (χ4n) is 5.01. The van der Waals surface area contributed by atoms with Crippen LogP contribution < -0.4 is 0 Å². The zero-order valence-corrected chi connectivity index (χ0v) is 21.5. The SMILES string of the molecule is CCOC(=O)CCc1ccccc1[C@@H](C)OC[C@H](O)CN1C[C@@H](C)C[C@H]1Cc1ccc(C)c(F)c1. The lowest BCUT2D eigenvalue weighted by Gasteiger charge is -2.28. The number of likely N-dealkylation sites (tertiary alicyclic amines) is 1. The minimum atomic E-state index is -0.619. The summed E-state index contributed by atoms with van der Waals surface area (Å²) in [6, 6.07) is 13.7. The van der Waals surface area contributed by atoms with Gasteiger partial charge < -0.3 is 14.6 Å². The van der Waals surface area contributed by atoms with Gasteiger partial charge in [-0.05, 0) is 74.3 Å². The van der Waals surface area contributed by atoms with E-state index in [4.69, 9.17) is 9.47 Å². The van der Waals surface area contributed by atoms with Crippen LogP contribution >= 0.6 is 0 Å². The largest absolute Gasteiger partial charge is 0.466 e. The second-order valence-corrected chi connectivity index (χ2v) is 9.87. The molecule has 0 unspecified atom stereocenters. The lowest BCUT2D eigenvalue weighted by Crippen LogP contribution is -2.39. The summed E-state index contributed by atoms with van der Waals surface area (Å²) in [7, 11) is 0. The lowest BCUT2D eigenvalue weighted by atomic mass is 9.99. The highest BCUT2D eigenvalue weighted by Gasteiger charge is 2.31. The van der Waals surface area contributed by atoms with Gasteiger partial charge in [-0.3, -0.25) is 9.69 Å². The number of hydrogen-bond donors (Lipinski definition) is 1. The Morgan fingerprint density at radius 1 is 1.26 bits per heavy atom. The van der Waals surface area contributed by atoms with E-state index in [9.17, 15) is 14.3 Å². The molecule has 1 N–H and O–H groups in total. The average molecular weight is 486 g/mol. The van der Waals surface area contributed by atoms with Crippen molar-refractivity contribution in [3.8, 4) is 0 Å². The van der Waals surface area contributed by atoms with Gasteiger partial charge >= 0.3 is 5.97 Å². The number of ether oxygens (including phenoxy) is 2. The molecule has 1 aliphatic rings. The van der Waals surface area contributed by atoms with E-state index in [0.29, 0.717) is 37.5 Å². The molecule has 1 heterocycles. The van der Waals surface area contributed by atoms with Crippen molar-refractivity contribution in [2.24, 2.45) is 5.92 Å². The van der Waals surface area contributed by atoms with Crippen LogP contribution in [0.2, 0.25) is 0 Å². The number of benzene rings is 2. The average Bonchev–Trinajstić information content (AvgIpc) is 3.17. The highest BCUT2D eigenvalue weighted by atomic mass is 19.1. The Labute approximate surface area is 209 Å². The molecule has 3 rings (SSSR count). The predicted molar refractivity (Wildman–Crippen MR) is 136 cm³/mol. The molecule has 35 heavy (non-hydrogen) atoms. The number of β-amino-alcohol motifs (C(OH)–C–C–N with tert-alkyl or cyclic N) is 1. The summed E-state index contributed by atoms with van der Waals surface area (Å²) in [5.74, 6) is 0.174. The molecule has 0 aliphatic carbocycles. The molecule has 6 heteroatoms. The number of nitrogens with zero attached hydrogens (tertiary/aromatic N) is 1.